The fourth-order valence-electron chi connectivity index (χ4n) is 3.54. The molecule has 3 aromatic rings. The first kappa shape index (κ1) is 19.5. The second kappa shape index (κ2) is 8.67. The fourth-order valence-corrected chi connectivity index (χ4v) is 3.54. The summed E-state index contributed by atoms with van der Waals surface area (Å²) in [5.74, 6) is 5.98. The molecule has 0 fully saturated rings. The Morgan fingerprint density at radius 2 is 1.80 bits per heavy atom. The van der Waals surface area contributed by atoms with Gasteiger partial charge in [0.05, 0.1) is 6.54 Å². The molecule has 30 heavy (non-hydrogen) atoms. The highest BCUT2D eigenvalue weighted by atomic mass is 16.5. The van der Waals surface area contributed by atoms with E-state index in [1.165, 1.54) is 0 Å². The van der Waals surface area contributed by atoms with Gasteiger partial charge in [0.25, 0.3) is 5.91 Å². The average molecular weight is 395 g/mol. The van der Waals surface area contributed by atoms with E-state index in [-0.39, 0.29) is 17.8 Å². The summed E-state index contributed by atoms with van der Waals surface area (Å²) in [4.78, 5) is 24.0. The maximum atomic E-state index is 12.0. The molecule has 0 bridgehead atoms. The maximum absolute atomic E-state index is 12.0. The molecule has 0 saturated heterocycles. The second-order valence-electron chi connectivity index (χ2n) is 7.19. The Morgan fingerprint density at radius 1 is 1.03 bits per heavy atom. The van der Waals surface area contributed by atoms with Crippen LogP contribution in [0.1, 0.15) is 28.4 Å². The summed E-state index contributed by atoms with van der Waals surface area (Å²) < 4.78 is 5.96. The van der Waals surface area contributed by atoms with Crippen molar-refractivity contribution in [3.8, 4) is 28.7 Å². The molecule has 148 valence electrons. The minimum atomic E-state index is -0.325. The second-order valence-corrected chi connectivity index (χ2v) is 7.19. The summed E-state index contributed by atoms with van der Waals surface area (Å²) >= 11 is 0. The van der Waals surface area contributed by atoms with Gasteiger partial charge < -0.3 is 10.1 Å². The molecular formula is C26H21NO3. The number of ketones is 1. The molecule has 1 N–H and O–H groups in total. The van der Waals surface area contributed by atoms with Crippen molar-refractivity contribution in [3.63, 3.8) is 0 Å². The van der Waals surface area contributed by atoms with Crippen LogP contribution in [-0.4, -0.2) is 24.3 Å². The molecule has 3 aromatic carbocycles. The number of Topliss-reactive ketones (excluding diaryl/α,β-unsaturated/α-hetero) is 1. The van der Waals surface area contributed by atoms with Gasteiger partial charge in [0, 0.05) is 23.5 Å². The summed E-state index contributed by atoms with van der Waals surface area (Å²) in [7, 11) is 0. The van der Waals surface area contributed by atoms with E-state index in [1.54, 1.807) is 6.92 Å². The number of hydrogen-bond donors (Lipinski definition) is 1. The lowest BCUT2D eigenvalue weighted by Gasteiger charge is -2.10. The smallest absolute Gasteiger partial charge is 0.296 e. The zero-order chi connectivity index (χ0) is 20.9. The molecular weight excluding hydrogens is 374 g/mol. The van der Waals surface area contributed by atoms with Crippen molar-refractivity contribution >= 4 is 11.7 Å². The zero-order valence-corrected chi connectivity index (χ0v) is 16.6. The number of fused-ring (bicyclic) bond motifs is 1. The number of carbonyl (C=O) groups excluding carboxylic acids is 2. The number of benzene rings is 3. The van der Waals surface area contributed by atoms with E-state index in [4.69, 9.17) is 4.74 Å². The zero-order valence-electron chi connectivity index (χ0n) is 16.6. The topological polar surface area (TPSA) is 55.4 Å². The van der Waals surface area contributed by atoms with Crippen LogP contribution >= 0.6 is 0 Å². The average Bonchev–Trinajstić information content (AvgIpc) is 3.19. The fraction of sp³-hybridized carbons (Fsp3) is 0.154. The first-order valence-electron chi connectivity index (χ1n) is 9.85. The van der Waals surface area contributed by atoms with Crippen LogP contribution in [0.5, 0.6) is 5.75 Å². The van der Waals surface area contributed by atoms with Gasteiger partial charge >= 0.3 is 0 Å². The van der Waals surface area contributed by atoms with Gasteiger partial charge in [-0.05, 0) is 47.9 Å². The monoisotopic (exact) mass is 395 g/mol. The lowest BCUT2D eigenvalue weighted by atomic mass is 9.95. The molecule has 1 aliphatic heterocycles. The van der Waals surface area contributed by atoms with Crippen molar-refractivity contribution in [2.75, 3.05) is 6.54 Å². The van der Waals surface area contributed by atoms with E-state index in [0.717, 1.165) is 28.0 Å². The lowest BCUT2D eigenvalue weighted by molar-refractivity contribution is -0.116. The molecule has 0 unspecified atom stereocenters. The van der Waals surface area contributed by atoms with Crippen LogP contribution in [-0.2, 0) is 11.2 Å². The summed E-state index contributed by atoms with van der Waals surface area (Å²) in [5, 5.41) is 2.82. The summed E-state index contributed by atoms with van der Waals surface area (Å²) in [6, 6.07) is 23.0. The minimum Gasteiger partial charge on any atom is -0.488 e. The summed E-state index contributed by atoms with van der Waals surface area (Å²) in [6.45, 7) is 1.96. The van der Waals surface area contributed by atoms with Gasteiger partial charge in [0.2, 0.25) is 0 Å². The van der Waals surface area contributed by atoms with Gasteiger partial charge in [-0.1, -0.05) is 54.5 Å². The largest absolute Gasteiger partial charge is 0.488 e. The van der Waals surface area contributed by atoms with Gasteiger partial charge in [-0.2, -0.15) is 0 Å². The molecule has 1 amide bonds. The van der Waals surface area contributed by atoms with Crippen molar-refractivity contribution < 1.29 is 14.3 Å². The molecule has 4 rings (SSSR count). The van der Waals surface area contributed by atoms with Crippen LogP contribution in [0.15, 0.2) is 72.8 Å². The molecule has 1 atom stereocenters. The van der Waals surface area contributed by atoms with Crippen LogP contribution in [0.2, 0.25) is 0 Å². The third kappa shape index (κ3) is 4.42. The quantitative estimate of drug-likeness (QED) is 0.536. The van der Waals surface area contributed by atoms with Gasteiger partial charge in [-0.15, -0.1) is 0 Å². The number of ether oxygens (including phenoxy) is 1. The van der Waals surface area contributed by atoms with Crippen molar-refractivity contribution in [1.29, 1.82) is 0 Å². The van der Waals surface area contributed by atoms with Gasteiger partial charge in [0.1, 0.15) is 11.9 Å². The molecule has 0 aliphatic carbocycles. The highest BCUT2D eigenvalue weighted by molar-refractivity contribution is 6.00. The molecule has 4 nitrogen and oxygen atoms in total. The van der Waals surface area contributed by atoms with Gasteiger partial charge in [0.15, 0.2) is 5.78 Å². The third-order valence-electron chi connectivity index (χ3n) is 5.00. The third-order valence-corrected chi connectivity index (χ3v) is 5.00. The predicted molar refractivity (Wildman–Crippen MR) is 116 cm³/mol. The summed E-state index contributed by atoms with van der Waals surface area (Å²) in [6.07, 6.45) is 0.554. The maximum Gasteiger partial charge on any atom is 0.296 e. The lowest BCUT2D eigenvalue weighted by Crippen LogP contribution is -2.33. The number of carbonyl (C=O) groups is 2. The Hall–Kier alpha value is -3.84. The van der Waals surface area contributed by atoms with Crippen LogP contribution in [0, 0.1) is 11.8 Å². The normalized spacial score (nSPS) is 14.1. The number of amides is 1. The highest BCUT2D eigenvalue weighted by Crippen LogP contribution is 2.34. The van der Waals surface area contributed by atoms with Crippen LogP contribution in [0.4, 0.5) is 0 Å². The standard InChI is InChI=1S/C26H21NO3/c1-18(28)23-9-5-6-10-24(23)20-12-13-25-21(15-20)16-22(30-25)17-27-26(29)14-11-19-7-3-2-4-8-19/h2-10,12-13,15,22H,16-17H2,1H3,(H,27,29)/t22-/m0/s1. The number of hydrogen-bond acceptors (Lipinski definition) is 3. The van der Waals surface area contributed by atoms with Crippen LogP contribution in [0.25, 0.3) is 11.1 Å². The molecule has 1 heterocycles. The predicted octanol–water partition coefficient (Wildman–Crippen LogP) is 4.03. The summed E-state index contributed by atoms with van der Waals surface area (Å²) in [5.41, 5.74) is 4.48. The Bertz CT molecular complexity index is 1160. The highest BCUT2D eigenvalue weighted by Gasteiger charge is 2.24. The molecule has 0 aromatic heterocycles. The van der Waals surface area contributed by atoms with E-state index < -0.39 is 0 Å². The Morgan fingerprint density at radius 3 is 2.60 bits per heavy atom. The molecule has 0 saturated carbocycles. The Labute approximate surface area is 175 Å². The Kier molecular flexibility index (Phi) is 5.63. The van der Waals surface area contributed by atoms with E-state index in [2.05, 4.69) is 23.2 Å². The van der Waals surface area contributed by atoms with E-state index in [1.807, 2.05) is 66.7 Å². The van der Waals surface area contributed by atoms with Crippen LogP contribution in [0.3, 0.4) is 0 Å². The van der Waals surface area contributed by atoms with E-state index >= 15 is 0 Å². The Balaban J connectivity index is 1.40. The first-order valence-corrected chi connectivity index (χ1v) is 9.85. The number of rotatable bonds is 4. The number of nitrogens with one attached hydrogen (secondary N) is 1. The molecule has 4 heteroatoms. The van der Waals surface area contributed by atoms with Gasteiger partial charge in [-0.25, -0.2) is 0 Å². The van der Waals surface area contributed by atoms with Crippen molar-refractivity contribution in [2.24, 2.45) is 0 Å². The molecule has 0 spiro atoms. The van der Waals surface area contributed by atoms with E-state index in [9.17, 15) is 9.59 Å². The van der Waals surface area contributed by atoms with E-state index in [0.29, 0.717) is 18.5 Å². The van der Waals surface area contributed by atoms with Gasteiger partial charge in [-0.3, -0.25) is 9.59 Å². The van der Waals surface area contributed by atoms with Crippen molar-refractivity contribution in [2.45, 2.75) is 19.4 Å². The van der Waals surface area contributed by atoms with Crippen molar-refractivity contribution in [1.82, 2.24) is 5.32 Å². The SMILES string of the molecule is CC(=O)c1ccccc1-c1ccc2c(c1)C[C@@H](CNC(=O)C#Cc1ccccc1)O2. The molecule has 1 aliphatic rings. The minimum absolute atomic E-state index is 0.0412. The first-order chi connectivity index (χ1) is 14.6. The molecule has 0 radical (unpaired) electrons. The van der Waals surface area contributed by atoms with Crippen molar-refractivity contribution in [3.05, 3.63) is 89.5 Å². The van der Waals surface area contributed by atoms with Crippen LogP contribution < -0.4 is 10.1 Å².